The minimum Gasteiger partial charge on any atom is -0.328 e. The highest BCUT2D eigenvalue weighted by atomic mass is 35.5. The number of aryl methyl sites for hydroxylation is 2. The summed E-state index contributed by atoms with van der Waals surface area (Å²) in [7, 11) is 0. The molecule has 2 aromatic heterocycles. The summed E-state index contributed by atoms with van der Waals surface area (Å²) in [5.74, 6) is 12.8. The number of hydrogen-bond donors (Lipinski definition) is 1. The predicted molar refractivity (Wildman–Crippen MR) is 216 cm³/mol. The molecule has 282 valence electrons. The van der Waals surface area contributed by atoms with Crippen LogP contribution in [-0.4, -0.2) is 30.9 Å². The van der Waals surface area contributed by atoms with E-state index >= 15 is 0 Å². The van der Waals surface area contributed by atoms with E-state index in [-0.39, 0.29) is 61.8 Å². The minimum absolute atomic E-state index is 0. The van der Waals surface area contributed by atoms with Crippen LogP contribution in [0.15, 0.2) is 94.5 Å². The summed E-state index contributed by atoms with van der Waals surface area (Å²) in [5.41, 5.74) is 9.72. The first-order valence-corrected chi connectivity index (χ1v) is 17.1. The number of fused-ring (bicyclic) bond motifs is 4. The van der Waals surface area contributed by atoms with E-state index in [1.807, 2.05) is 6.07 Å². The Balaban J connectivity index is 0.000000232. The Hall–Kier alpha value is -5.94. The topological polar surface area (TPSA) is 113 Å². The molecule has 4 heterocycles. The zero-order valence-electron chi connectivity index (χ0n) is 28.6. The first-order chi connectivity index (χ1) is 25.2. The fraction of sp³-hybridized carbons (Fsp3) is 0.250. The number of aromatic nitrogens is 4. The third-order valence-electron chi connectivity index (χ3n) is 9.12. The second-order valence-corrected chi connectivity index (χ2v) is 12.8. The first-order valence-electron chi connectivity index (χ1n) is 17.1. The summed E-state index contributed by atoms with van der Waals surface area (Å²) in [5, 5.41) is 1.10. The molecule has 8 nitrogen and oxygen atoms in total. The Kier molecular flexibility index (Phi) is 14.0. The first kappa shape index (κ1) is 41.8. The monoisotopic (exact) mass is 761 g/mol. The van der Waals surface area contributed by atoms with Gasteiger partial charge in [-0.25, -0.2) is 18.7 Å². The molecule has 1 unspecified atom stereocenters. The number of benzene rings is 4. The second-order valence-electron chi connectivity index (χ2n) is 12.8. The molecule has 0 amide bonds. The van der Waals surface area contributed by atoms with Gasteiger partial charge in [-0.3, -0.25) is 23.5 Å². The number of rotatable bonds is 0. The van der Waals surface area contributed by atoms with Crippen molar-refractivity contribution >= 4 is 40.0 Å². The van der Waals surface area contributed by atoms with Crippen LogP contribution in [0.25, 0.3) is 21.8 Å². The van der Waals surface area contributed by atoms with Gasteiger partial charge in [0.1, 0.15) is 29.1 Å². The van der Waals surface area contributed by atoms with E-state index in [1.54, 1.807) is 63.7 Å². The van der Waals surface area contributed by atoms with Crippen molar-refractivity contribution in [1.82, 2.24) is 19.1 Å². The molecule has 0 fully saturated rings. The zero-order chi connectivity index (χ0) is 36.2. The molecule has 55 heavy (non-hydrogen) atoms. The van der Waals surface area contributed by atoms with Gasteiger partial charge in [-0.2, -0.15) is 0 Å². The predicted octanol–water partition coefficient (Wildman–Crippen LogP) is 7.13. The highest BCUT2D eigenvalue weighted by Crippen LogP contribution is 2.17. The molecule has 0 spiro atoms. The van der Waals surface area contributed by atoms with Crippen molar-refractivity contribution < 1.29 is 13.6 Å². The molecule has 6 aromatic rings. The summed E-state index contributed by atoms with van der Waals surface area (Å²) in [4.78, 5) is 46.4. The molecule has 0 aliphatic carbocycles. The van der Waals surface area contributed by atoms with Gasteiger partial charge in [0.05, 0.1) is 21.8 Å². The summed E-state index contributed by atoms with van der Waals surface area (Å²) in [6.07, 6.45) is 3.58. The van der Waals surface area contributed by atoms with Crippen LogP contribution in [0.2, 0.25) is 0 Å². The van der Waals surface area contributed by atoms with Gasteiger partial charge >= 0.3 is 0 Å². The summed E-state index contributed by atoms with van der Waals surface area (Å²) in [6.45, 7) is 0.996. The van der Waals surface area contributed by atoms with E-state index in [4.69, 9.17) is 5.73 Å². The summed E-state index contributed by atoms with van der Waals surface area (Å²) < 4.78 is 29.8. The number of carbonyl (C=O) groups excluding carboxylic acids is 1. The summed E-state index contributed by atoms with van der Waals surface area (Å²) in [6, 6.07) is 22.9. The SMILES string of the molecule is C.C.Cl.NC1CCc2nc3cc(C#Cc4cccc(F)c4)ccc3c(=O)n2CC1.O=C1CCc2nc3cc(C#Cc4cccc(F)c4)ccc3c(=O)n2CC1. The maximum absolute atomic E-state index is 13.2. The second kappa shape index (κ2) is 18.4. The van der Waals surface area contributed by atoms with Crippen LogP contribution in [0.3, 0.4) is 0 Å². The number of halogens is 3. The van der Waals surface area contributed by atoms with Gasteiger partial charge in [0.15, 0.2) is 0 Å². The molecule has 2 N–H and O–H groups in total. The lowest BCUT2D eigenvalue weighted by Crippen LogP contribution is -2.25. The molecule has 0 saturated carbocycles. The molecular formula is C44H42ClF2N5O3. The highest BCUT2D eigenvalue weighted by molar-refractivity contribution is 5.85. The maximum atomic E-state index is 13.2. The largest absolute Gasteiger partial charge is 0.328 e. The molecule has 4 aromatic carbocycles. The van der Waals surface area contributed by atoms with E-state index < -0.39 is 0 Å². The Morgan fingerprint density at radius 1 is 0.582 bits per heavy atom. The number of Topliss-reactive ketones (excluding diaryl/α,β-unsaturated/α-hetero) is 1. The number of nitrogens with two attached hydrogens (primary N) is 1. The van der Waals surface area contributed by atoms with Crippen molar-refractivity contribution in [1.29, 1.82) is 0 Å². The molecule has 0 saturated heterocycles. The van der Waals surface area contributed by atoms with Crippen LogP contribution in [0.5, 0.6) is 0 Å². The minimum atomic E-state index is -0.331. The van der Waals surface area contributed by atoms with Crippen molar-refractivity contribution in [3.05, 3.63) is 151 Å². The lowest BCUT2D eigenvalue weighted by Gasteiger charge is -2.10. The van der Waals surface area contributed by atoms with E-state index in [0.717, 1.165) is 24.2 Å². The molecule has 2 aliphatic heterocycles. The standard InChI is InChI=1S/C21H18FN3O.C21H15FN2O2.2CH4.ClH/c22-16-3-1-2-14(12-16)4-5-15-6-8-18-19(13-15)24-20-9-7-17(23)10-11-25(20)21(18)26;22-16-3-1-2-14(12-16)4-5-15-6-8-18-19(13-15)23-20-9-7-17(25)10-11-24(20)21(18)26;;;/h1-3,6,8,12-13,17H,7,9-11,23H2;1-3,6,8,12-13H,7,9-11H2;2*1H4;1H. The Bertz CT molecular complexity index is 2630. The molecule has 0 bridgehead atoms. The van der Waals surface area contributed by atoms with E-state index in [9.17, 15) is 23.2 Å². The van der Waals surface area contributed by atoms with Crippen LogP contribution in [0.1, 0.15) is 74.4 Å². The Morgan fingerprint density at radius 3 is 1.56 bits per heavy atom. The Labute approximate surface area is 324 Å². The average Bonchev–Trinajstić information content (AvgIpc) is 3.45. The van der Waals surface area contributed by atoms with Crippen molar-refractivity contribution in [3.63, 3.8) is 0 Å². The third kappa shape index (κ3) is 9.79. The number of hydrogen-bond acceptors (Lipinski definition) is 6. The third-order valence-corrected chi connectivity index (χ3v) is 9.12. The van der Waals surface area contributed by atoms with Gasteiger partial charge < -0.3 is 5.73 Å². The van der Waals surface area contributed by atoms with Crippen LogP contribution in [0, 0.1) is 35.3 Å². The fourth-order valence-corrected chi connectivity index (χ4v) is 6.32. The smallest absolute Gasteiger partial charge is 0.261 e. The van der Waals surface area contributed by atoms with Gasteiger partial charge in [-0.15, -0.1) is 12.4 Å². The quantitative estimate of drug-likeness (QED) is 0.165. The van der Waals surface area contributed by atoms with Gasteiger partial charge in [-0.05, 0) is 85.6 Å². The fourth-order valence-electron chi connectivity index (χ4n) is 6.32. The Morgan fingerprint density at radius 2 is 1.05 bits per heavy atom. The average molecular weight is 762 g/mol. The van der Waals surface area contributed by atoms with Crippen molar-refractivity contribution in [2.24, 2.45) is 5.73 Å². The van der Waals surface area contributed by atoms with E-state index in [2.05, 4.69) is 33.6 Å². The molecule has 11 heteroatoms. The van der Waals surface area contributed by atoms with Gasteiger partial charge in [-0.1, -0.05) is 50.7 Å². The number of nitrogens with zero attached hydrogens (tertiary/aromatic N) is 4. The van der Waals surface area contributed by atoms with Crippen LogP contribution in [0.4, 0.5) is 8.78 Å². The van der Waals surface area contributed by atoms with Gasteiger partial charge in [0.2, 0.25) is 0 Å². The van der Waals surface area contributed by atoms with Crippen molar-refractivity contribution in [3.8, 4) is 23.7 Å². The van der Waals surface area contributed by atoms with Gasteiger partial charge in [0, 0.05) is 67.1 Å². The maximum Gasteiger partial charge on any atom is 0.261 e. The molecule has 2 aliphatic rings. The summed E-state index contributed by atoms with van der Waals surface area (Å²) >= 11 is 0. The number of carbonyl (C=O) groups is 1. The molecule has 1 atom stereocenters. The number of ketones is 1. The van der Waals surface area contributed by atoms with E-state index in [0.29, 0.717) is 83.1 Å². The van der Waals surface area contributed by atoms with Crippen LogP contribution < -0.4 is 16.9 Å². The van der Waals surface area contributed by atoms with Crippen molar-refractivity contribution in [2.75, 3.05) is 0 Å². The molecular weight excluding hydrogens is 720 g/mol. The van der Waals surface area contributed by atoms with Gasteiger partial charge in [0.25, 0.3) is 11.1 Å². The molecule has 0 radical (unpaired) electrons. The molecule has 8 rings (SSSR count). The van der Waals surface area contributed by atoms with Crippen LogP contribution >= 0.6 is 12.4 Å². The lowest BCUT2D eigenvalue weighted by atomic mass is 10.1. The lowest BCUT2D eigenvalue weighted by molar-refractivity contribution is -0.119. The zero-order valence-corrected chi connectivity index (χ0v) is 29.4. The van der Waals surface area contributed by atoms with Crippen molar-refractivity contribution in [2.45, 2.75) is 72.5 Å². The highest BCUT2D eigenvalue weighted by Gasteiger charge is 2.18. The van der Waals surface area contributed by atoms with Crippen LogP contribution in [-0.2, 0) is 30.7 Å². The van der Waals surface area contributed by atoms with E-state index in [1.165, 1.54) is 24.3 Å². The normalized spacial score (nSPS) is 14.2.